The molecule has 0 radical (unpaired) electrons. The number of hydrogen-bond acceptors (Lipinski definition) is 4. The summed E-state index contributed by atoms with van der Waals surface area (Å²) in [6.45, 7) is 0. The maximum Gasteiger partial charge on any atom is 0.417 e. The SMILES string of the molecule is CN(C)NC(=O)c1ccc2[nH]c(=O)oc2c1. The summed E-state index contributed by atoms with van der Waals surface area (Å²) in [5.74, 6) is -0.782. The minimum Gasteiger partial charge on any atom is -0.408 e. The summed E-state index contributed by atoms with van der Waals surface area (Å²) in [5.41, 5.74) is 3.98. The summed E-state index contributed by atoms with van der Waals surface area (Å²) in [6, 6.07) is 4.77. The Morgan fingerprint density at radius 1 is 1.44 bits per heavy atom. The largest absolute Gasteiger partial charge is 0.417 e. The number of amides is 1. The second-order valence-corrected chi connectivity index (χ2v) is 3.56. The summed E-state index contributed by atoms with van der Waals surface area (Å²) in [4.78, 5) is 25.0. The molecule has 0 atom stereocenters. The molecular formula is C10H11N3O3. The van der Waals surface area contributed by atoms with E-state index >= 15 is 0 Å². The van der Waals surface area contributed by atoms with Crippen LogP contribution in [0.2, 0.25) is 0 Å². The van der Waals surface area contributed by atoms with Crippen molar-refractivity contribution in [1.82, 2.24) is 15.4 Å². The first-order chi connectivity index (χ1) is 7.56. The first kappa shape index (κ1) is 10.4. The molecule has 6 nitrogen and oxygen atoms in total. The van der Waals surface area contributed by atoms with Gasteiger partial charge in [-0.15, -0.1) is 0 Å². The molecule has 0 fully saturated rings. The van der Waals surface area contributed by atoms with Crippen LogP contribution in [-0.2, 0) is 0 Å². The Kier molecular flexibility index (Phi) is 2.49. The molecule has 84 valence electrons. The normalized spacial score (nSPS) is 10.9. The van der Waals surface area contributed by atoms with Crippen LogP contribution in [0.1, 0.15) is 10.4 Å². The van der Waals surface area contributed by atoms with Crippen LogP contribution < -0.4 is 11.2 Å². The van der Waals surface area contributed by atoms with Crippen molar-refractivity contribution in [3.05, 3.63) is 34.3 Å². The third kappa shape index (κ3) is 1.96. The van der Waals surface area contributed by atoms with Gasteiger partial charge in [-0.05, 0) is 18.2 Å². The van der Waals surface area contributed by atoms with E-state index in [-0.39, 0.29) is 5.91 Å². The molecule has 0 saturated heterocycles. The van der Waals surface area contributed by atoms with Gasteiger partial charge >= 0.3 is 5.76 Å². The predicted octanol–water partition coefficient (Wildman–Crippen LogP) is 0.327. The molecule has 0 aliphatic carbocycles. The fourth-order valence-corrected chi connectivity index (χ4v) is 1.35. The smallest absolute Gasteiger partial charge is 0.408 e. The average Bonchev–Trinajstić information content (AvgIpc) is 2.55. The summed E-state index contributed by atoms with van der Waals surface area (Å²) in [5, 5.41) is 1.54. The van der Waals surface area contributed by atoms with Gasteiger partial charge < -0.3 is 4.42 Å². The van der Waals surface area contributed by atoms with Gasteiger partial charge in [0, 0.05) is 19.7 Å². The van der Waals surface area contributed by atoms with Gasteiger partial charge in [-0.3, -0.25) is 15.2 Å². The molecular weight excluding hydrogens is 210 g/mol. The Balaban J connectivity index is 2.38. The number of aromatic nitrogens is 1. The Morgan fingerprint density at radius 2 is 2.19 bits per heavy atom. The van der Waals surface area contributed by atoms with Crippen LogP contribution >= 0.6 is 0 Å². The lowest BCUT2D eigenvalue weighted by Gasteiger charge is -2.11. The molecule has 0 unspecified atom stereocenters. The van der Waals surface area contributed by atoms with Crippen molar-refractivity contribution in [3.8, 4) is 0 Å². The van der Waals surface area contributed by atoms with Gasteiger partial charge in [0.05, 0.1) is 5.52 Å². The van der Waals surface area contributed by atoms with Crippen molar-refractivity contribution in [2.75, 3.05) is 14.1 Å². The molecule has 16 heavy (non-hydrogen) atoms. The maximum atomic E-state index is 11.6. The molecule has 1 aromatic heterocycles. The van der Waals surface area contributed by atoms with Crippen molar-refractivity contribution in [3.63, 3.8) is 0 Å². The van der Waals surface area contributed by atoms with E-state index < -0.39 is 5.76 Å². The third-order valence-electron chi connectivity index (χ3n) is 2.01. The molecule has 0 aliphatic heterocycles. The average molecular weight is 221 g/mol. The fraction of sp³-hybridized carbons (Fsp3) is 0.200. The number of carbonyl (C=O) groups is 1. The van der Waals surface area contributed by atoms with Crippen LogP contribution in [0.4, 0.5) is 0 Å². The van der Waals surface area contributed by atoms with Gasteiger partial charge in [-0.2, -0.15) is 0 Å². The molecule has 1 amide bonds. The number of fused-ring (bicyclic) bond motifs is 1. The van der Waals surface area contributed by atoms with Crippen LogP contribution in [0.25, 0.3) is 11.1 Å². The van der Waals surface area contributed by atoms with Crippen molar-refractivity contribution in [2.24, 2.45) is 0 Å². The van der Waals surface area contributed by atoms with Crippen molar-refractivity contribution in [1.29, 1.82) is 0 Å². The van der Waals surface area contributed by atoms with Crippen LogP contribution in [0.5, 0.6) is 0 Å². The van der Waals surface area contributed by atoms with Crippen LogP contribution in [-0.4, -0.2) is 30.0 Å². The molecule has 6 heteroatoms. The number of oxazole rings is 1. The van der Waals surface area contributed by atoms with Gasteiger partial charge in [0.25, 0.3) is 5.91 Å². The van der Waals surface area contributed by atoms with Crippen LogP contribution in [0, 0.1) is 0 Å². The number of aromatic amines is 1. The van der Waals surface area contributed by atoms with Crippen molar-refractivity contribution < 1.29 is 9.21 Å². The number of carbonyl (C=O) groups excluding carboxylic acids is 1. The van der Waals surface area contributed by atoms with Crippen LogP contribution in [0.15, 0.2) is 27.4 Å². The molecule has 2 N–H and O–H groups in total. The van der Waals surface area contributed by atoms with E-state index in [4.69, 9.17) is 4.42 Å². The van der Waals surface area contributed by atoms with Gasteiger partial charge in [-0.25, -0.2) is 9.80 Å². The minimum absolute atomic E-state index is 0.254. The number of nitrogens with zero attached hydrogens (tertiary/aromatic N) is 1. The topological polar surface area (TPSA) is 78.3 Å². The lowest BCUT2D eigenvalue weighted by atomic mass is 10.2. The fourth-order valence-electron chi connectivity index (χ4n) is 1.35. The van der Waals surface area contributed by atoms with Gasteiger partial charge in [0.15, 0.2) is 5.58 Å². The van der Waals surface area contributed by atoms with Crippen LogP contribution in [0.3, 0.4) is 0 Å². The van der Waals surface area contributed by atoms with E-state index in [1.807, 2.05) is 0 Å². The molecule has 2 rings (SSSR count). The van der Waals surface area contributed by atoms with Gasteiger partial charge in [0.2, 0.25) is 0 Å². The molecule has 0 aliphatic rings. The molecule has 0 saturated carbocycles. The molecule has 0 bridgehead atoms. The monoisotopic (exact) mass is 221 g/mol. The highest BCUT2D eigenvalue weighted by molar-refractivity contribution is 5.96. The van der Waals surface area contributed by atoms with E-state index in [1.54, 1.807) is 31.2 Å². The lowest BCUT2D eigenvalue weighted by molar-refractivity contribution is 0.0857. The molecule has 0 spiro atoms. The zero-order valence-corrected chi connectivity index (χ0v) is 8.90. The Morgan fingerprint density at radius 3 is 2.88 bits per heavy atom. The van der Waals surface area contributed by atoms with Gasteiger partial charge in [0.1, 0.15) is 0 Å². The molecule has 1 aromatic carbocycles. The number of rotatable bonds is 2. The highest BCUT2D eigenvalue weighted by Crippen LogP contribution is 2.12. The molecule has 2 aromatic rings. The number of nitrogens with one attached hydrogen (secondary N) is 2. The lowest BCUT2D eigenvalue weighted by Crippen LogP contribution is -2.36. The van der Waals surface area contributed by atoms with E-state index in [1.165, 1.54) is 6.07 Å². The highest BCUT2D eigenvalue weighted by atomic mass is 16.4. The van der Waals surface area contributed by atoms with Gasteiger partial charge in [-0.1, -0.05) is 0 Å². The highest BCUT2D eigenvalue weighted by Gasteiger charge is 2.09. The third-order valence-corrected chi connectivity index (χ3v) is 2.01. The van der Waals surface area contributed by atoms with E-state index in [2.05, 4.69) is 10.4 Å². The zero-order chi connectivity index (χ0) is 11.7. The number of benzene rings is 1. The van der Waals surface area contributed by atoms with E-state index in [0.29, 0.717) is 16.7 Å². The number of H-pyrrole nitrogens is 1. The summed E-state index contributed by atoms with van der Waals surface area (Å²) >= 11 is 0. The first-order valence-corrected chi connectivity index (χ1v) is 4.67. The van der Waals surface area contributed by atoms with Crippen molar-refractivity contribution >= 4 is 17.0 Å². The Labute approximate surface area is 90.8 Å². The summed E-state index contributed by atoms with van der Waals surface area (Å²) < 4.78 is 4.86. The second kappa shape index (κ2) is 3.82. The van der Waals surface area contributed by atoms with E-state index in [9.17, 15) is 9.59 Å². The maximum absolute atomic E-state index is 11.6. The Bertz CT molecular complexity index is 582. The zero-order valence-electron chi connectivity index (χ0n) is 8.90. The summed E-state index contributed by atoms with van der Waals surface area (Å²) in [7, 11) is 3.43. The minimum atomic E-state index is -0.528. The molecule has 1 heterocycles. The predicted molar refractivity (Wildman–Crippen MR) is 58.0 cm³/mol. The van der Waals surface area contributed by atoms with E-state index in [0.717, 1.165) is 0 Å². The van der Waals surface area contributed by atoms with Crippen molar-refractivity contribution in [2.45, 2.75) is 0 Å². The number of hydrazine groups is 1. The first-order valence-electron chi connectivity index (χ1n) is 4.67. The second-order valence-electron chi connectivity index (χ2n) is 3.56. The Hall–Kier alpha value is -2.08. The quantitative estimate of drug-likeness (QED) is 0.716. The standard InChI is InChI=1S/C10H11N3O3/c1-13(2)12-9(14)6-3-4-7-8(5-6)16-10(15)11-7/h3-5H,1-2H3,(H,11,15)(H,12,14). The number of hydrogen-bond donors (Lipinski definition) is 2. The summed E-state index contributed by atoms with van der Waals surface area (Å²) in [6.07, 6.45) is 0.